The minimum Gasteiger partial charge on any atom is -0.493 e. The van der Waals surface area contributed by atoms with Gasteiger partial charge in [-0.05, 0) is 36.8 Å². The monoisotopic (exact) mass is 409 g/mol. The van der Waals surface area contributed by atoms with E-state index in [0.717, 1.165) is 33.3 Å². The minimum atomic E-state index is 0.0524. The average molecular weight is 410 g/mol. The SMILES string of the molecule is CCOc1ccccc1-c1nc(CC(=O)N(C)Cc2ccc(N(C)C)cc2)cs1. The van der Waals surface area contributed by atoms with Crippen LogP contribution in [0.1, 0.15) is 18.2 Å². The molecule has 0 bridgehead atoms. The molecule has 0 spiro atoms. The van der Waals surface area contributed by atoms with Gasteiger partial charge in [0.1, 0.15) is 10.8 Å². The molecule has 1 heterocycles. The Morgan fingerprint density at radius 1 is 1.07 bits per heavy atom. The lowest BCUT2D eigenvalue weighted by Gasteiger charge is -2.18. The zero-order valence-corrected chi connectivity index (χ0v) is 18.2. The zero-order chi connectivity index (χ0) is 20.8. The Kier molecular flexibility index (Phi) is 6.88. The summed E-state index contributed by atoms with van der Waals surface area (Å²) in [4.78, 5) is 21.1. The number of ether oxygens (including phenoxy) is 1. The van der Waals surface area contributed by atoms with Gasteiger partial charge < -0.3 is 14.5 Å². The highest BCUT2D eigenvalue weighted by atomic mass is 32.1. The zero-order valence-electron chi connectivity index (χ0n) is 17.4. The van der Waals surface area contributed by atoms with Gasteiger partial charge in [0.05, 0.1) is 24.3 Å². The number of nitrogens with zero attached hydrogens (tertiary/aromatic N) is 3. The van der Waals surface area contributed by atoms with Crippen LogP contribution in [-0.2, 0) is 17.8 Å². The number of hydrogen-bond donors (Lipinski definition) is 0. The Balaban J connectivity index is 1.64. The highest BCUT2D eigenvalue weighted by molar-refractivity contribution is 7.13. The number of aromatic nitrogens is 1. The minimum absolute atomic E-state index is 0.0524. The molecule has 1 amide bonds. The summed E-state index contributed by atoms with van der Waals surface area (Å²) in [6, 6.07) is 16.1. The van der Waals surface area contributed by atoms with Gasteiger partial charge in [-0.15, -0.1) is 11.3 Å². The molecule has 29 heavy (non-hydrogen) atoms. The van der Waals surface area contributed by atoms with Crippen LogP contribution >= 0.6 is 11.3 Å². The topological polar surface area (TPSA) is 45.7 Å². The maximum Gasteiger partial charge on any atom is 0.228 e. The number of carbonyl (C=O) groups excluding carboxylic acids is 1. The summed E-state index contributed by atoms with van der Waals surface area (Å²) >= 11 is 1.54. The van der Waals surface area contributed by atoms with E-state index >= 15 is 0 Å². The van der Waals surface area contributed by atoms with E-state index < -0.39 is 0 Å². The van der Waals surface area contributed by atoms with Crippen LogP contribution in [0, 0.1) is 0 Å². The van der Waals surface area contributed by atoms with Crippen molar-refractivity contribution in [2.45, 2.75) is 19.9 Å². The first kappa shape index (κ1) is 20.9. The molecule has 0 fully saturated rings. The third kappa shape index (κ3) is 5.35. The van der Waals surface area contributed by atoms with Crippen molar-refractivity contribution in [3.63, 3.8) is 0 Å². The summed E-state index contributed by atoms with van der Waals surface area (Å²) in [7, 11) is 5.86. The molecule has 0 atom stereocenters. The lowest BCUT2D eigenvalue weighted by Crippen LogP contribution is -2.27. The highest BCUT2D eigenvalue weighted by Crippen LogP contribution is 2.32. The van der Waals surface area contributed by atoms with Gasteiger partial charge in [-0.2, -0.15) is 0 Å². The molecule has 2 aromatic carbocycles. The molecule has 0 saturated carbocycles. The first-order valence-corrected chi connectivity index (χ1v) is 10.5. The van der Waals surface area contributed by atoms with Gasteiger partial charge in [0.15, 0.2) is 0 Å². The largest absolute Gasteiger partial charge is 0.493 e. The molecule has 152 valence electrons. The summed E-state index contributed by atoms with van der Waals surface area (Å²) in [5.74, 6) is 0.872. The Bertz CT molecular complexity index is 951. The normalized spacial score (nSPS) is 10.6. The van der Waals surface area contributed by atoms with E-state index in [1.807, 2.05) is 57.7 Å². The summed E-state index contributed by atoms with van der Waals surface area (Å²) in [5, 5.41) is 2.83. The smallest absolute Gasteiger partial charge is 0.228 e. The first-order valence-electron chi connectivity index (χ1n) is 9.64. The van der Waals surface area contributed by atoms with Crippen LogP contribution < -0.4 is 9.64 Å². The average Bonchev–Trinajstić information content (AvgIpc) is 3.17. The lowest BCUT2D eigenvalue weighted by molar-refractivity contribution is -0.129. The Morgan fingerprint density at radius 2 is 1.79 bits per heavy atom. The fraction of sp³-hybridized carbons (Fsp3) is 0.304. The molecule has 3 aromatic rings. The van der Waals surface area contributed by atoms with Gasteiger partial charge in [-0.25, -0.2) is 4.98 Å². The quantitative estimate of drug-likeness (QED) is 0.550. The summed E-state index contributed by atoms with van der Waals surface area (Å²) in [6.07, 6.45) is 0.291. The van der Waals surface area contributed by atoms with E-state index in [9.17, 15) is 4.79 Å². The fourth-order valence-corrected chi connectivity index (χ4v) is 3.84. The van der Waals surface area contributed by atoms with E-state index in [-0.39, 0.29) is 5.91 Å². The maximum atomic E-state index is 12.7. The van der Waals surface area contributed by atoms with Crippen LogP contribution in [0.15, 0.2) is 53.9 Å². The fourth-order valence-electron chi connectivity index (χ4n) is 2.99. The molecule has 0 aliphatic heterocycles. The Hall–Kier alpha value is -2.86. The van der Waals surface area contributed by atoms with Crippen LogP contribution in [0.2, 0.25) is 0 Å². The maximum absolute atomic E-state index is 12.7. The van der Waals surface area contributed by atoms with Gasteiger partial charge in [0.2, 0.25) is 5.91 Å². The second-order valence-electron chi connectivity index (χ2n) is 7.06. The van der Waals surface area contributed by atoms with E-state index in [4.69, 9.17) is 4.74 Å². The second kappa shape index (κ2) is 9.56. The molecule has 0 radical (unpaired) electrons. The molecule has 3 rings (SSSR count). The molecule has 0 aliphatic rings. The molecule has 0 N–H and O–H groups in total. The van der Waals surface area contributed by atoms with E-state index in [2.05, 4.69) is 34.1 Å². The number of para-hydroxylation sites is 1. The van der Waals surface area contributed by atoms with Crippen molar-refractivity contribution in [2.24, 2.45) is 0 Å². The number of amides is 1. The van der Waals surface area contributed by atoms with Crippen molar-refractivity contribution >= 4 is 22.9 Å². The highest BCUT2D eigenvalue weighted by Gasteiger charge is 2.15. The van der Waals surface area contributed by atoms with Gasteiger partial charge in [0, 0.05) is 38.8 Å². The number of benzene rings is 2. The molecular formula is C23H27N3O2S. The number of rotatable bonds is 8. The number of hydrogen-bond acceptors (Lipinski definition) is 5. The molecule has 6 heteroatoms. The second-order valence-corrected chi connectivity index (χ2v) is 7.92. The molecule has 5 nitrogen and oxygen atoms in total. The third-order valence-corrected chi connectivity index (χ3v) is 5.52. The van der Waals surface area contributed by atoms with E-state index in [1.165, 1.54) is 11.3 Å². The van der Waals surface area contributed by atoms with Gasteiger partial charge >= 0.3 is 0 Å². The van der Waals surface area contributed by atoms with Crippen LogP contribution in [0.4, 0.5) is 5.69 Å². The van der Waals surface area contributed by atoms with Crippen molar-refractivity contribution in [3.8, 4) is 16.3 Å². The van der Waals surface area contributed by atoms with Crippen LogP contribution in [0.5, 0.6) is 5.75 Å². The number of carbonyl (C=O) groups is 1. The third-order valence-electron chi connectivity index (χ3n) is 4.60. The van der Waals surface area contributed by atoms with Crippen molar-refractivity contribution in [1.29, 1.82) is 0 Å². The number of anilines is 1. The van der Waals surface area contributed by atoms with Crippen molar-refractivity contribution in [2.75, 3.05) is 32.6 Å². The predicted molar refractivity (Wildman–Crippen MR) is 120 cm³/mol. The standard InChI is InChI=1S/C23H27N3O2S/c1-5-28-21-9-7-6-8-20(21)23-24-18(16-29-23)14-22(27)26(4)15-17-10-12-19(13-11-17)25(2)3/h6-13,16H,5,14-15H2,1-4H3. The van der Waals surface area contributed by atoms with Crippen LogP contribution in [0.25, 0.3) is 10.6 Å². The molecule has 0 unspecified atom stereocenters. The Labute approximate surface area is 176 Å². The van der Waals surface area contributed by atoms with Gasteiger partial charge in [-0.1, -0.05) is 24.3 Å². The summed E-state index contributed by atoms with van der Waals surface area (Å²) in [5.41, 5.74) is 4.00. The molecular weight excluding hydrogens is 382 g/mol. The van der Waals surface area contributed by atoms with Crippen molar-refractivity contribution in [3.05, 3.63) is 65.2 Å². The number of likely N-dealkylation sites (N-methyl/N-ethyl adjacent to an activating group) is 1. The number of thiazole rings is 1. The summed E-state index contributed by atoms with van der Waals surface area (Å²) < 4.78 is 5.70. The van der Waals surface area contributed by atoms with E-state index in [0.29, 0.717) is 19.6 Å². The van der Waals surface area contributed by atoms with Gasteiger partial charge in [0.25, 0.3) is 0 Å². The van der Waals surface area contributed by atoms with E-state index in [1.54, 1.807) is 4.90 Å². The summed E-state index contributed by atoms with van der Waals surface area (Å²) in [6.45, 7) is 3.15. The van der Waals surface area contributed by atoms with Crippen LogP contribution in [0.3, 0.4) is 0 Å². The van der Waals surface area contributed by atoms with Gasteiger partial charge in [-0.3, -0.25) is 4.79 Å². The first-order chi connectivity index (χ1) is 14.0. The van der Waals surface area contributed by atoms with Crippen molar-refractivity contribution < 1.29 is 9.53 Å². The lowest BCUT2D eigenvalue weighted by atomic mass is 10.2. The predicted octanol–water partition coefficient (Wildman–Crippen LogP) is 4.48. The van der Waals surface area contributed by atoms with Crippen LogP contribution in [-0.4, -0.2) is 43.5 Å². The molecule has 1 aromatic heterocycles. The van der Waals surface area contributed by atoms with Crippen molar-refractivity contribution in [1.82, 2.24) is 9.88 Å². The Morgan fingerprint density at radius 3 is 2.48 bits per heavy atom. The molecule has 0 aliphatic carbocycles. The molecule has 0 saturated heterocycles.